The van der Waals surface area contributed by atoms with Crippen LogP contribution in [0.4, 0.5) is 0 Å². The van der Waals surface area contributed by atoms with Crippen LogP contribution in [-0.2, 0) is 9.53 Å². The monoisotopic (exact) mass is 262 g/mol. The van der Waals surface area contributed by atoms with Gasteiger partial charge in [-0.3, -0.25) is 9.59 Å². The van der Waals surface area contributed by atoms with E-state index >= 15 is 0 Å². The first-order valence-corrected chi connectivity index (χ1v) is 6.21. The SMILES string of the molecule is O=C1CO[C@H]2CCN(C(=O)c3ncccn3)C[C@@H]2N1. The number of amides is 2. The summed E-state index contributed by atoms with van der Waals surface area (Å²) in [6.07, 6.45) is 3.79. The maximum absolute atomic E-state index is 12.2. The van der Waals surface area contributed by atoms with Crippen LogP contribution in [0.15, 0.2) is 18.5 Å². The highest BCUT2D eigenvalue weighted by molar-refractivity contribution is 5.90. The van der Waals surface area contributed by atoms with Gasteiger partial charge in [-0.1, -0.05) is 0 Å². The van der Waals surface area contributed by atoms with Crippen LogP contribution >= 0.6 is 0 Å². The predicted octanol–water partition coefficient (Wildman–Crippen LogP) is -0.794. The van der Waals surface area contributed by atoms with Gasteiger partial charge in [0.15, 0.2) is 0 Å². The van der Waals surface area contributed by atoms with Crippen molar-refractivity contribution in [3.63, 3.8) is 0 Å². The third-order valence-corrected chi connectivity index (χ3v) is 3.37. The van der Waals surface area contributed by atoms with Gasteiger partial charge in [0, 0.05) is 25.5 Å². The van der Waals surface area contributed by atoms with E-state index < -0.39 is 0 Å². The van der Waals surface area contributed by atoms with E-state index in [1.54, 1.807) is 23.4 Å². The molecular formula is C12H14N4O3. The van der Waals surface area contributed by atoms with E-state index in [4.69, 9.17) is 4.74 Å². The zero-order valence-corrected chi connectivity index (χ0v) is 10.3. The van der Waals surface area contributed by atoms with Crippen molar-refractivity contribution in [3.8, 4) is 0 Å². The molecule has 7 heteroatoms. The second-order valence-corrected chi connectivity index (χ2v) is 4.64. The molecule has 0 aromatic carbocycles. The van der Waals surface area contributed by atoms with Gasteiger partial charge in [-0.25, -0.2) is 9.97 Å². The van der Waals surface area contributed by atoms with Gasteiger partial charge in [-0.15, -0.1) is 0 Å². The lowest BCUT2D eigenvalue weighted by Crippen LogP contribution is -2.61. The molecule has 2 atom stereocenters. The maximum atomic E-state index is 12.2. The van der Waals surface area contributed by atoms with Gasteiger partial charge >= 0.3 is 0 Å². The van der Waals surface area contributed by atoms with Crippen molar-refractivity contribution in [3.05, 3.63) is 24.3 Å². The van der Waals surface area contributed by atoms with E-state index in [2.05, 4.69) is 15.3 Å². The number of aromatic nitrogens is 2. The molecule has 0 radical (unpaired) electrons. The fourth-order valence-corrected chi connectivity index (χ4v) is 2.44. The number of piperidine rings is 1. The lowest BCUT2D eigenvalue weighted by atomic mass is 10.0. The number of ether oxygens (including phenoxy) is 1. The van der Waals surface area contributed by atoms with Crippen molar-refractivity contribution in [2.75, 3.05) is 19.7 Å². The molecule has 1 aromatic rings. The number of morpholine rings is 1. The average Bonchev–Trinajstić information content (AvgIpc) is 2.46. The van der Waals surface area contributed by atoms with Crippen LogP contribution in [0.5, 0.6) is 0 Å². The molecule has 0 aliphatic carbocycles. The van der Waals surface area contributed by atoms with Crippen molar-refractivity contribution in [1.29, 1.82) is 0 Å². The first-order chi connectivity index (χ1) is 9.24. The number of carbonyl (C=O) groups excluding carboxylic acids is 2. The van der Waals surface area contributed by atoms with Crippen molar-refractivity contribution in [1.82, 2.24) is 20.2 Å². The van der Waals surface area contributed by atoms with Crippen LogP contribution in [0, 0.1) is 0 Å². The molecule has 1 aromatic heterocycles. The summed E-state index contributed by atoms with van der Waals surface area (Å²) in [5.74, 6) is -0.158. The summed E-state index contributed by atoms with van der Waals surface area (Å²) >= 11 is 0. The third-order valence-electron chi connectivity index (χ3n) is 3.37. The minimum absolute atomic E-state index is 0.00144. The van der Waals surface area contributed by atoms with Crippen LogP contribution in [0.1, 0.15) is 17.0 Å². The highest BCUT2D eigenvalue weighted by Gasteiger charge is 2.36. The molecule has 0 saturated carbocycles. The number of fused-ring (bicyclic) bond motifs is 1. The molecule has 0 unspecified atom stereocenters. The van der Waals surface area contributed by atoms with E-state index in [9.17, 15) is 9.59 Å². The summed E-state index contributed by atoms with van der Waals surface area (Å²) in [5, 5.41) is 2.86. The van der Waals surface area contributed by atoms with Gasteiger partial charge in [-0.05, 0) is 12.5 Å². The van der Waals surface area contributed by atoms with Crippen molar-refractivity contribution in [2.24, 2.45) is 0 Å². The third kappa shape index (κ3) is 2.41. The van der Waals surface area contributed by atoms with E-state index in [1.165, 1.54) is 0 Å². The number of hydrogen-bond acceptors (Lipinski definition) is 5. The molecule has 2 amide bonds. The Hall–Kier alpha value is -2.02. The summed E-state index contributed by atoms with van der Waals surface area (Å²) < 4.78 is 5.45. The lowest BCUT2D eigenvalue weighted by Gasteiger charge is -2.40. The van der Waals surface area contributed by atoms with Crippen LogP contribution in [0.3, 0.4) is 0 Å². The molecule has 3 heterocycles. The predicted molar refractivity (Wildman–Crippen MR) is 64.2 cm³/mol. The van der Waals surface area contributed by atoms with Gasteiger partial charge in [0.2, 0.25) is 11.7 Å². The highest BCUT2D eigenvalue weighted by Crippen LogP contribution is 2.18. The minimum Gasteiger partial charge on any atom is -0.366 e. The summed E-state index contributed by atoms with van der Waals surface area (Å²) in [4.78, 5) is 33.1. The minimum atomic E-state index is -0.209. The van der Waals surface area contributed by atoms with Gasteiger partial charge < -0.3 is 15.0 Å². The Morgan fingerprint density at radius 3 is 3.00 bits per heavy atom. The number of hydrogen-bond donors (Lipinski definition) is 1. The lowest BCUT2D eigenvalue weighted by molar-refractivity contribution is -0.139. The van der Waals surface area contributed by atoms with Gasteiger partial charge in [-0.2, -0.15) is 0 Å². The van der Waals surface area contributed by atoms with E-state index in [1.807, 2.05) is 0 Å². The Labute approximate surface area is 110 Å². The Kier molecular flexibility index (Phi) is 3.12. The average molecular weight is 262 g/mol. The van der Waals surface area contributed by atoms with Gasteiger partial charge in [0.25, 0.3) is 5.91 Å². The smallest absolute Gasteiger partial charge is 0.291 e. The molecule has 3 rings (SSSR count). The Morgan fingerprint density at radius 2 is 2.21 bits per heavy atom. The van der Waals surface area contributed by atoms with Gasteiger partial charge in [0.05, 0.1) is 12.1 Å². The molecule has 100 valence electrons. The van der Waals surface area contributed by atoms with E-state index in [0.29, 0.717) is 19.5 Å². The van der Waals surface area contributed by atoms with Crippen LogP contribution in [0.2, 0.25) is 0 Å². The van der Waals surface area contributed by atoms with Crippen LogP contribution < -0.4 is 5.32 Å². The Morgan fingerprint density at radius 1 is 1.42 bits per heavy atom. The zero-order chi connectivity index (χ0) is 13.2. The molecule has 0 bridgehead atoms. The van der Waals surface area contributed by atoms with Crippen molar-refractivity contribution in [2.45, 2.75) is 18.6 Å². The van der Waals surface area contributed by atoms with E-state index in [0.717, 1.165) is 0 Å². The van der Waals surface area contributed by atoms with Crippen LogP contribution in [0.25, 0.3) is 0 Å². The molecular weight excluding hydrogens is 248 g/mol. The first kappa shape index (κ1) is 12.0. The number of nitrogens with one attached hydrogen (secondary N) is 1. The molecule has 7 nitrogen and oxygen atoms in total. The van der Waals surface area contributed by atoms with Crippen LogP contribution in [-0.4, -0.2) is 58.5 Å². The summed E-state index contributed by atoms with van der Waals surface area (Å²) in [5.41, 5.74) is 0. The molecule has 2 aliphatic rings. The fraction of sp³-hybridized carbons (Fsp3) is 0.500. The Balaban J connectivity index is 1.70. The largest absolute Gasteiger partial charge is 0.366 e. The summed E-state index contributed by atoms with van der Waals surface area (Å²) in [7, 11) is 0. The van der Waals surface area contributed by atoms with Crippen molar-refractivity contribution < 1.29 is 14.3 Å². The Bertz CT molecular complexity index is 493. The first-order valence-electron chi connectivity index (χ1n) is 6.21. The molecule has 2 aliphatic heterocycles. The maximum Gasteiger partial charge on any atom is 0.291 e. The topological polar surface area (TPSA) is 84.4 Å². The second-order valence-electron chi connectivity index (χ2n) is 4.64. The molecule has 0 spiro atoms. The fourth-order valence-electron chi connectivity index (χ4n) is 2.44. The zero-order valence-electron chi connectivity index (χ0n) is 10.3. The highest BCUT2D eigenvalue weighted by atomic mass is 16.5. The quantitative estimate of drug-likeness (QED) is 0.716. The number of nitrogens with zero attached hydrogens (tertiary/aromatic N) is 3. The molecule has 2 fully saturated rings. The molecule has 2 saturated heterocycles. The summed E-state index contributed by atoms with van der Waals surface area (Å²) in [6, 6.07) is 1.53. The standard InChI is InChI=1S/C12H14N4O3/c17-10-7-19-9-2-5-16(6-8(9)15-10)12(18)11-13-3-1-4-14-11/h1,3-4,8-9H,2,5-7H2,(H,15,17)/t8-,9-/m0/s1. The number of carbonyl (C=O) groups is 2. The normalized spacial score (nSPS) is 26.5. The second kappa shape index (κ2) is 4.93. The van der Waals surface area contributed by atoms with Gasteiger partial charge in [0.1, 0.15) is 6.61 Å². The molecule has 19 heavy (non-hydrogen) atoms. The molecule has 1 N–H and O–H groups in total. The van der Waals surface area contributed by atoms with Crippen molar-refractivity contribution >= 4 is 11.8 Å². The van der Waals surface area contributed by atoms with E-state index in [-0.39, 0.29) is 36.4 Å². The number of rotatable bonds is 1. The summed E-state index contributed by atoms with van der Waals surface area (Å²) in [6.45, 7) is 1.14. The number of likely N-dealkylation sites (tertiary alicyclic amines) is 1.